The standard InChI is InChI=1S/C9H9ClO3.Na/c10-7-2-1-3-8(6-7)13-5-4-9(11)12;/h1-3,6H,4-5H2,(H,11,12);/q;+1/p-1. The smallest absolute Gasteiger partial charge is 0.550 e. The molecule has 0 fully saturated rings. The molecule has 14 heavy (non-hydrogen) atoms. The molecule has 70 valence electrons. The predicted octanol–water partition coefficient (Wildman–Crippen LogP) is -2.14. The molecular weight excluding hydrogens is 215 g/mol. The van der Waals surface area contributed by atoms with Crippen molar-refractivity contribution >= 4 is 17.6 Å². The van der Waals surface area contributed by atoms with E-state index >= 15 is 0 Å². The van der Waals surface area contributed by atoms with E-state index in [2.05, 4.69) is 0 Å². The third kappa shape index (κ3) is 5.50. The molecule has 1 rings (SSSR count). The summed E-state index contributed by atoms with van der Waals surface area (Å²) in [6, 6.07) is 6.78. The number of hydrogen-bond donors (Lipinski definition) is 0. The summed E-state index contributed by atoms with van der Waals surface area (Å²) in [6.45, 7) is 0.0999. The Labute approximate surface area is 109 Å². The van der Waals surface area contributed by atoms with E-state index < -0.39 is 5.97 Å². The Morgan fingerprint density at radius 2 is 2.21 bits per heavy atom. The van der Waals surface area contributed by atoms with Gasteiger partial charge in [0.1, 0.15) is 5.75 Å². The summed E-state index contributed by atoms with van der Waals surface area (Å²) in [7, 11) is 0. The fraction of sp³-hybridized carbons (Fsp3) is 0.222. The van der Waals surface area contributed by atoms with Crippen LogP contribution in [0.25, 0.3) is 0 Å². The van der Waals surface area contributed by atoms with Crippen molar-refractivity contribution in [3.8, 4) is 5.75 Å². The maximum Gasteiger partial charge on any atom is 1.00 e. The molecule has 1 aromatic rings. The van der Waals surface area contributed by atoms with Crippen molar-refractivity contribution < 1.29 is 44.2 Å². The molecule has 0 heterocycles. The topological polar surface area (TPSA) is 49.4 Å². The monoisotopic (exact) mass is 222 g/mol. The Bertz CT molecular complexity index is 304. The number of carbonyl (C=O) groups is 1. The molecular formula is C9H8ClNaO3. The number of hydrogen-bond acceptors (Lipinski definition) is 3. The van der Waals surface area contributed by atoms with Crippen LogP contribution in [-0.2, 0) is 4.79 Å². The average molecular weight is 223 g/mol. The fourth-order valence-electron chi connectivity index (χ4n) is 0.809. The van der Waals surface area contributed by atoms with E-state index in [1.165, 1.54) is 0 Å². The van der Waals surface area contributed by atoms with E-state index in [1.807, 2.05) is 0 Å². The summed E-state index contributed by atoms with van der Waals surface area (Å²) >= 11 is 5.68. The fourth-order valence-corrected chi connectivity index (χ4v) is 0.989. The van der Waals surface area contributed by atoms with E-state index in [4.69, 9.17) is 16.3 Å². The van der Waals surface area contributed by atoms with E-state index in [0.29, 0.717) is 10.8 Å². The zero-order valence-electron chi connectivity index (χ0n) is 7.83. The SMILES string of the molecule is O=C([O-])CCOc1cccc(Cl)c1.[Na+]. The first kappa shape index (κ1) is 13.8. The number of rotatable bonds is 4. The van der Waals surface area contributed by atoms with E-state index in [0.717, 1.165) is 0 Å². The van der Waals surface area contributed by atoms with Crippen molar-refractivity contribution in [1.82, 2.24) is 0 Å². The molecule has 0 bridgehead atoms. The summed E-state index contributed by atoms with van der Waals surface area (Å²) < 4.78 is 5.09. The van der Waals surface area contributed by atoms with Crippen molar-refractivity contribution in [1.29, 1.82) is 0 Å². The molecule has 0 amide bonds. The van der Waals surface area contributed by atoms with Crippen molar-refractivity contribution in [2.75, 3.05) is 6.61 Å². The molecule has 0 aromatic heterocycles. The minimum absolute atomic E-state index is 0. The van der Waals surface area contributed by atoms with Gasteiger partial charge in [0, 0.05) is 17.4 Å². The van der Waals surface area contributed by atoms with E-state index in [9.17, 15) is 9.90 Å². The minimum atomic E-state index is -1.12. The van der Waals surface area contributed by atoms with Crippen LogP contribution in [0.5, 0.6) is 5.75 Å². The zero-order valence-corrected chi connectivity index (χ0v) is 10.6. The van der Waals surface area contributed by atoms with Gasteiger partial charge in [0.25, 0.3) is 0 Å². The molecule has 0 spiro atoms. The summed E-state index contributed by atoms with van der Waals surface area (Å²) in [4.78, 5) is 10.0. The molecule has 0 N–H and O–H groups in total. The normalized spacial score (nSPS) is 8.93. The van der Waals surface area contributed by atoms with Gasteiger partial charge < -0.3 is 14.6 Å². The van der Waals surface area contributed by atoms with Crippen LogP contribution in [0.4, 0.5) is 0 Å². The van der Waals surface area contributed by atoms with Gasteiger partial charge in [-0.05, 0) is 18.2 Å². The van der Waals surface area contributed by atoms with Crippen molar-refractivity contribution in [2.24, 2.45) is 0 Å². The van der Waals surface area contributed by atoms with Crippen LogP contribution in [0.2, 0.25) is 5.02 Å². The third-order valence-electron chi connectivity index (χ3n) is 1.37. The van der Waals surface area contributed by atoms with Gasteiger partial charge in [-0.2, -0.15) is 0 Å². The van der Waals surface area contributed by atoms with Crippen LogP contribution in [0.1, 0.15) is 6.42 Å². The maximum absolute atomic E-state index is 10.0. The van der Waals surface area contributed by atoms with Gasteiger partial charge in [-0.15, -0.1) is 0 Å². The van der Waals surface area contributed by atoms with Crippen LogP contribution in [0, 0.1) is 0 Å². The summed E-state index contributed by atoms with van der Waals surface area (Å²) in [5.74, 6) is -0.559. The molecule has 3 nitrogen and oxygen atoms in total. The number of halogens is 1. The maximum atomic E-state index is 10.0. The number of benzene rings is 1. The van der Waals surface area contributed by atoms with Gasteiger partial charge in [0.15, 0.2) is 0 Å². The number of ether oxygens (including phenoxy) is 1. The van der Waals surface area contributed by atoms with Crippen LogP contribution in [0.15, 0.2) is 24.3 Å². The van der Waals surface area contributed by atoms with Crippen molar-refractivity contribution in [3.05, 3.63) is 29.3 Å². The van der Waals surface area contributed by atoms with Crippen LogP contribution in [0.3, 0.4) is 0 Å². The Balaban J connectivity index is 0.00000169. The molecule has 0 atom stereocenters. The molecule has 0 saturated carbocycles. The average Bonchev–Trinajstić information content (AvgIpc) is 2.03. The second-order valence-electron chi connectivity index (χ2n) is 2.43. The predicted molar refractivity (Wildman–Crippen MR) is 46.6 cm³/mol. The van der Waals surface area contributed by atoms with Gasteiger partial charge >= 0.3 is 29.6 Å². The molecule has 1 aromatic carbocycles. The van der Waals surface area contributed by atoms with Crippen LogP contribution < -0.4 is 39.4 Å². The molecule has 0 aliphatic carbocycles. The molecule has 0 saturated heterocycles. The van der Waals surface area contributed by atoms with Gasteiger partial charge in [-0.1, -0.05) is 17.7 Å². The largest absolute Gasteiger partial charge is 1.00 e. The second kappa shape index (κ2) is 7.12. The van der Waals surface area contributed by atoms with Gasteiger partial charge in [-0.3, -0.25) is 0 Å². The minimum Gasteiger partial charge on any atom is -0.550 e. The summed E-state index contributed by atoms with van der Waals surface area (Å²) in [5, 5.41) is 10.6. The van der Waals surface area contributed by atoms with Crippen molar-refractivity contribution in [2.45, 2.75) is 6.42 Å². The first-order chi connectivity index (χ1) is 6.18. The van der Waals surface area contributed by atoms with E-state index in [-0.39, 0.29) is 42.6 Å². The zero-order chi connectivity index (χ0) is 9.68. The summed E-state index contributed by atoms with van der Waals surface area (Å²) in [5.41, 5.74) is 0. The third-order valence-corrected chi connectivity index (χ3v) is 1.61. The quantitative estimate of drug-likeness (QED) is 0.547. The summed E-state index contributed by atoms with van der Waals surface area (Å²) in [6.07, 6.45) is -0.119. The first-order valence-corrected chi connectivity index (χ1v) is 4.14. The Morgan fingerprint density at radius 1 is 1.50 bits per heavy atom. The molecule has 0 aliphatic heterocycles. The number of carbonyl (C=O) groups excluding carboxylic acids is 1. The van der Waals surface area contributed by atoms with Crippen LogP contribution >= 0.6 is 11.6 Å². The Kier molecular flexibility index (Phi) is 7.01. The van der Waals surface area contributed by atoms with Gasteiger partial charge in [-0.25, -0.2) is 0 Å². The van der Waals surface area contributed by atoms with Gasteiger partial charge in [0.2, 0.25) is 0 Å². The molecule has 0 aliphatic rings. The molecule has 0 unspecified atom stereocenters. The number of aliphatic carboxylic acids is 1. The molecule has 0 radical (unpaired) electrons. The van der Waals surface area contributed by atoms with Crippen molar-refractivity contribution in [3.63, 3.8) is 0 Å². The first-order valence-electron chi connectivity index (χ1n) is 3.76. The number of carboxylic acids is 1. The Morgan fingerprint density at radius 3 is 2.79 bits per heavy atom. The molecule has 5 heteroatoms. The van der Waals surface area contributed by atoms with Crippen LogP contribution in [-0.4, -0.2) is 12.6 Å². The van der Waals surface area contributed by atoms with E-state index in [1.54, 1.807) is 24.3 Å². The second-order valence-corrected chi connectivity index (χ2v) is 2.86. The Hall–Kier alpha value is -0.220. The van der Waals surface area contributed by atoms with Gasteiger partial charge in [0.05, 0.1) is 6.61 Å². The number of carboxylic acid groups (broad SMARTS) is 1.